The third kappa shape index (κ3) is 4.68. The lowest BCUT2D eigenvalue weighted by molar-refractivity contribution is 1.02. The van der Waals surface area contributed by atoms with Gasteiger partial charge in [0.15, 0.2) is 0 Å². The number of rotatable bonds is 4. The largest absolute Gasteiger partial charge is 0.277 e. The third-order valence-electron chi connectivity index (χ3n) is 10.8. The van der Waals surface area contributed by atoms with E-state index in [0.717, 1.165) is 44.3 Å². The molecule has 0 N–H and O–H groups in total. The Labute approximate surface area is 306 Å². The van der Waals surface area contributed by atoms with Crippen LogP contribution in [0.5, 0.6) is 0 Å². The molecule has 246 valence electrons. The Morgan fingerprint density at radius 2 is 0.830 bits per heavy atom. The first-order valence-electron chi connectivity index (χ1n) is 18.1. The van der Waals surface area contributed by atoms with Gasteiger partial charge in [-0.1, -0.05) is 158 Å². The summed E-state index contributed by atoms with van der Waals surface area (Å²) in [5.74, 6) is 0.655. The molecule has 3 heteroatoms. The van der Waals surface area contributed by atoms with Crippen molar-refractivity contribution in [3.8, 4) is 39.5 Å². The number of hydrogen-bond acceptors (Lipinski definition) is 2. The predicted molar refractivity (Wildman–Crippen MR) is 223 cm³/mol. The lowest BCUT2D eigenvalue weighted by Gasteiger charge is -2.15. The zero-order valence-electron chi connectivity index (χ0n) is 28.7. The van der Waals surface area contributed by atoms with Crippen molar-refractivity contribution in [1.29, 1.82) is 0 Å². The Kier molecular flexibility index (Phi) is 6.55. The van der Waals surface area contributed by atoms with Crippen LogP contribution < -0.4 is 0 Å². The molecular formula is C50H31N3. The zero-order chi connectivity index (χ0) is 34.9. The first-order chi connectivity index (χ1) is 26.3. The van der Waals surface area contributed by atoms with Crippen LogP contribution in [0, 0.1) is 0 Å². The van der Waals surface area contributed by atoms with Crippen LogP contribution in [0.25, 0.3) is 104 Å². The monoisotopic (exact) mass is 673 g/mol. The molecule has 0 saturated carbocycles. The molecule has 0 saturated heterocycles. The van der Waals surface area contributed by atoms with Crippen molar-refractivity contribution in [2.45, 2.75) is 0 Å². The molecule has 11 rings (SSSR count). The van der Waals surface area contributed by atoms with Crippen molar-refractivity contribution in [2.24, 2.45) is 0 Å². The molecule has 0 aliphatic rings. The van der Waals surface area contributed by atoms with E-state index in [0.29, 0.717) is 5.95 Å². The average molecular weight is 674 g/mol. The second-order valence-electron chi connectivity index (χ2n) is 13.8. The second kappa shape index (κ2) is 11.7. The summed E-state index contributed by atoms with van der Waals surface area (Å²) in [4.78, 5) is 10.9. The maximum atomic E-state index is 5.55. The summed E-state index contributed by atoms with van der Waals surface area (Å²) in [7, 11) is 0. The summed E-state index contributed by atoms with van der Waals surface area (Å²) in [6.45, 7) is 0. The van der Waals surface area contributed by atoms with Crippen LogP contribution in [0.1, 0.15) is 0 Å². The van der Waals surface area contributed by atoms with Crippen LogP contribution in [-0.4, -0.2) is 14.5 Å². The molecule has 0 unspecified atom stereocenters. The number of fused-ring (bicyclic) bond motifs is 10. The second-order valence-corrected chi connectivity index (χ2v) is 13.8. The molecule has 0 atom stereocenters. The van der Waals surface area contributed by atoms with E-state index in [-0.39, 0.29) is 0 Å². The number of aromatic nitrogens is 3. The van der Waals surface area contributed by atoms with Gasteiger partial charge in [0.2, 0.25) is 5.95 Å². The van der Waals surface area contributed by atoms with Gasteiger partial charge in [0.05, 0.1) is 22.2 Å². The molecule has 0 aliphatic heterocycles. The van der Waals surface area contributed by atoms with Gasteiger partial charge in [0.1, 0.15) is 0 Å². The smallest absolute Gasteiger partial charge is 0.235 e. The Bertz CT molecular complexity index is 3160. The predicted octanol–water partition coefficient (Wildman–Crippen LogP) is 13.2. The maximum absolute atomic E-state index is 5.55. The summed E-state index contributed by atoms with van der Waals surface area (Å²) in [6.07, 6.45) is 0. The van der Waals surface area contributed by atoms with E-state index in [4.69, 9.17) is 9.97 Å². The minimum Gasteiger partial charge on any atom is -0.277 e. The number of para-hydroxylation sites is 2. The van der Waals surface area contributed by atoms with Gasteiger partial charge in [-0.05, 0) is 79.5 Å². The molecule has 0 radical (unpaired) electrons. The Morgan fingerprint density at radius 1 is 0.321 bits per heavy atom. The summed E-state index contributed by atoms with van der Waals surface area (Å²) in [6, 6.07) is 67.4. The van der Waals surface area contributed by atoms with Crippen molar-refractivity contribution in [3.63, 3.8) is 0 Å². The summed E-state index contributed by atoms with van der Waals surface area (Å²) < 4.78 is 2.29. The SMILES string of the molecule is c1ccc(-c2cc(-c3ccccc3)cc(-c3nc(-n4c5ccccc5c5ccc6c7ccc8ccccc8c7ccc6c54)nc4ccccc34)c2)cc1. The lowest BCUT2D eigenvalue weighted by Crippen LogP contribution is -2.04. The van der Waals surface area contributed by atoms with Gasteiger partial charge in [0, 0.05) is 27.1 Å². The van der Waals surface area contributed by atoms with Gasteiger partial charge >= 0.3 is 0 Å². The third-order valence-corrected chi connectivity index (χ3v) is 10.8. The van der Waals surface area contributed by atoms with E-state index in [1.807, 2.05) is 0 Å². The molecule has 2 heterocycles. The molecule has 9 aromatic carbocycles. The van der Waals surface area contributed by atoms with Gasteiger partial charge in [-0.25, -0.2) is 9.97 Å². The standard InChI is InChI=1S/C50H31N3/c1-3-13-32(14-4-1)35-29-36(33-15-5-2-6-16-33)31-37(30-35)48-45-20-9-11-21-46(45)51-50(52-48)53-47-22-12-10-19-42(47)44-28-26-41-40-24-23-34-17-7-8-18-38(34)39(40)25-27-43(41)49(44)53/h1-31H. The van der Waals surface area contributed by atoms with Crippen LogP contribution in [-0.2, 0) is 0 Å². The fraction of sp³-hybridized carbons (Fsp3) is 0. The van der Waals surface area contributed by atoms with Crippen molar-refractivity contribution in [2.75, 3.05) is 0 Å². The van der Waals surface area contributed by atoms with E-state index < -0.39 is 0 Å². The Morgan fingerprint density at radius 3 is 1.57 bits per heavy atom. The van der Waals surface area contributed by atoms with E-state index in [1.165, 1.54) is 54.2 Å². The van der Waals surface area contributed by atoms with Gasteiger partial charge < -0.3 is 0 Å². The minimum atomic E-state index is 0.655. The van der Waals surface area contributed by atoms with E-state index in [2.05, 4.69) is 193 Å². The summed E-state index contributed by atoms with van der Waals surface area (Å²) in [5, 5.41) is 10.8. The first-order valence-corrected chi connectivity index (χ1v) is 18.1. The van der Waals surface area contributed by atoms with Crippen LogP contribution in [0.4, 0.5) is 0 Å². The number of benzene rings is 9. The minimum absolute atomic E-state index is 0.655. The molecule has 0 bridgehead atoms. The molecule has 0 amide bonds. The van der Waals surface area contributed by atoms with Gasteiger partial charge in [-0.3, -0.25) is 4.57 Å². The summed E-state index contributed by atoms with van der Waals surface area (Å²) in [5.41, 5.74) is 9.68. The number of nitrogens with zero attached hydrogens (tertiary/aromatic N) is 3. The lowest BCUT2D eigenvalue weighted by atomic mass is 9.94. The molecule has 53 heavy (non-hydrogen) atoms. The van der Waals surface area contributed by atoms with Crippen molar-refractivity contribution in [3.05, 3.63) is 188 Å². The van der Waals surface area contributed by atoms with Gasteiger partial charge in [-0.2, -0.15) is 0 Å². The highest BCUT2D eigenvalue weighted by Gasteiger charge is 2.20. The first kappa shape index (κ1) is 29.6. The molecular weight excluding hydrogens is 643 g/mol. The fourth-order valence-corrected chi connectivity index (χ4v) is 8.31. The van der Waals surface area contributed by atoms with E-state index in [9.17, 15) is 0 Å². The Balaban J connectivity index is 1.23. The molecule has 3 nitrogen and oxygen atoms in total. The molecule has 11 aromatic rings. The van der Waals surface area contributed by atoms with Gasteiger partial charge in [-0.15, -0.1) is 0 Å². The fourth-order valence-electron chi connectivity index (χ4n) is 8.31. The van der Waals surface area contributed by atoms with Gasteiger partial charge in [0.25, 0.3) is 0 Å². The van der Waals surface area contributed by atoms with Crippen LogP contribution in [0.2, 0.25) is 0 Å². The van der Waals surface area contributed by atoms with Crippen molar-refractivity contribution in [1.82, 2.24) is 14.5 Å². The summed E-state index contributed by atoms with van der Waals surface area (Å²) >= 11 is 0. The van der Waals surface area contributed by atoms with Crippen LogP contribution in [0.3, 0.4) is 0 Å². The molecule has 0 spiro atoms. The quantitative estimate of drug-likeness (QED) is 0.174. The highest BCUT2D eigenvalue weighted by molar-refractivity contribution is 6.25. The number of hydrogen-bond donors (Lipinski definition) is 0. The average Bonchev–Trinajstić information content (AvgIpc) is 3.58. The molecule has 2 aromatic heterocycles. The van der Waals surface area contributed by atoms with Crippen molar-refractivity contribution < 1.29 is 0 Å². The molecule has 0 fully saturated rings. The van der Waals surface area contributed by atoms with Crippen molar-refractivity contribution >= 4 is 65.0 Å². The molecule has 0 aliphatic carbocycles. The topological polar surface area (TPSA) is 30.7 Å². The van der Waals surface area contributed by atoms with E-state index in [1.54, 1.807) is 0 Å². The van der Waals surface area contributed by atoms with Crippen LogP contribution >= 0.6 is 0 Å². The zero-order valence-corrected chi connectivity index (χ0v) is 28.7. The van der Waals surface area contributed by atoms with E-state index >= 15 is 0 Å². The van der Waals surface area contributed by atoms with Crippen LogP contribution in [0.15, 0.2) is 188 Å². The normalized spacial score (nSPS) is 11.8. The maximum Gasteiger partial charge on any atom is 0.235 e. The highest BCUT2D eigenvalue weighted by Crippen LogP contribution is 2.41. The Hall–Kier alpha value is -7.10. The highest BCUT2D eigenvalue weighted by atomic mass is 15.2.